The van der Waals surface area contributed by atoms with Gasteiger partial charge in [0.2, 0.25) is 0 Å². The molecule has 1 fully saturated rings. The summed E-state index contributed by atoms with van der Waals surface area (Å²) in [4.78, 5) is 15.2. The van der Waals surface area contributed by atoms with E-state index in [1.54, 1.807) is 0 Å². The van der Waals surface area contributed by atoms with Crippen LogP contribution in [-0.4, -0.2) is 64.3 Å². The summed E-state index contributed by atoms with van der Waals surface area (Å²) in [6.45, 7) is 5.07. The third-order valence-electron chi connectivity index (χ3n) is 6.75. The molecular formula is C27H28Br2N4O2. The first-order valence-corrected chi connectivity index (χ1v) is 13.4. The van der Waals surface area contributed by atoms with E-state index in [0.717, 1.165) is 41.7 Å². The number of piperazine rings is 1. The highest BCUT2D eigenvalue weighted by atomic mass is 79.9. The van der Waals surface area contributed by atoms with Gasteiger partial charge in [-0.05, 0) is 42.0 Å². The molecule has 1 unspecified atom stereocenters. The minimum atomic E-state index is -0.828. The molecule has 1 amide bonds. The lowest BCUT2D eigenvalue weighted by atomic mass is 10.2. The summed E-state index contributed by atoms with van der Waals surface area (Å²) < 4.78 is 4.55. The summed E-state index contributed by atoms with van der Waals surface area (Å²) >= 11 is 7.29. The van der Waals surface area contributed by atoms with E-state index in [9.17, 15) is 9.90 Å². The molecule has 6 nitrogen and oxygen atoms in total. The Bertz CT molecular complexity index is 1270. The molecule has 182 valence electrons. The minimum absolute atomic E-state index is 0.192. The summed E-state index contributed by atoms with van der Waals surface area (Å²) in [5.41, 5.74) is 3.68. The highest BCUT2D eigenvalue weighted by Crippen LogP contribution is 2.33. The number of carbonyl (C=O) groups is 1. The van der Waals surface area contributed by atoms with Gasteiger partial charge in [0.05, 0.1) is 0 Å². The third kappa shape index (κ3) is 5.56. The molecule has 3 aromatic carbocycles. The fourth-order valence-corrected chi connectivity index (χ4v) is 5.67. The quantitative estimate of drug-likeness (QED) is 0.283. The molecule has 1 atom stereocenters. The van der Waals surface area contributed by atoms with Gasteiger partial charge < -0.3 is 19.9 Å². The maximum absolute atomic E-state index is 11.3. The number of rotatable bonds is 7. The van der Waals surface area contributed by atoms with Gasteiger partial charge in [-0.1, -0.05) is 62.2 Å². The molecule has 4 aromatic rings. The van der Waals surface area contributed by atoms with E-state index in [4.69, 9.17) is 0 Å². The third-order valence-corrected chi connectivity index (χ3v) is 7.74. The SMILES string of the molecule is O=C(O)N1CCN(CC(Cn2c3ccc(Br)cc3c3cc(Br)ccc32)NCc2ccccc2)CC1. The maximum Gasteiger partial charge on any atom is 0.407 e. The Morgan fingerprint density at radius 2 is 1.46 bits per heavy atom. The Balaban J connectivity index is 1.44. The first kappa shape index (κ1) is 24.3. The lowest BCUT2D eigenvalue weighted by molar-refractivity contribution is 0.0999. The van der Waals surface area contributed by atoms with Crippen molar-refractivity contribution in [3.05, 3.63) is 81.2 Å². The van der Waals surface area contributed by atoms with E-state index in [0.29, 0.717) is 13.1 Å². The minimum Gasteiger partial charge on any atom is -0.465 e. The van der Waals surface area contributed by atoms with Gasteiger partial charge in [0.25, 0.3) is 0 Å². The van der Waals surface area contributed by atoms with E-state index >= 15 is 0 Å². The number of amides is 1. The largest absolute Gasteiger partial charge is 0.465 e. The highest BCUT2D eigenvalue weighted by molar-refractivity contribution is 9.10. The number of hydrogen-bond acceptors (Lipinski definition) is 3. The first-order chi connectivity index (χ1) is 17.0. The van der Waals surface area contributed by atoms with Crippen LogP contribution >= 0.6 is 31.9 Å². The molecule has 1 saturated heterocycles. The Hall–Kier alpha value is -2.39. The van der Waals surface area contributed by atoms with Crippen LogP contribution in [0.25, 0.3) is 21.8 Å². The molecule has 0 aliphatic carbocycles. The molecule has 1 aliphatic heterocycles. The van der Waals surface area contributed by atoms with Crippen molar-refractivity contribution in [1.82, 2.24) is 19.7 Å². The average molecular weight is 600 g/mol. The summed E-state index contributed by atoms with van der Waals surface area (Å²) in [6.07, 6.45) is -0.828. The van der Waals surface area contributed by atoms with Crippen molar-refractivity contribution in [1.29, 1.82) is 0 Å². The predicted molar refractivity (Wildman–Crippen MR) is 148 cm³/mol. The Morgan fingerprint density at radius 1 is 0.857 bits per heavy atom. The van der Waals surface area contributed by atoms with Crippen molar-refractivity contribution in [2.45, 2.75) is 19.1 Å². The zero-order valence-electron chi connectivity index (χ0n) is 19.3. The molecule has 2 heterocycles. The Kier molecular flexibility index (Phi) is 7.43. The molecule has 1 aromatic heterocycles. The van der Waals surface area contributed by atoms with Gasteiger partial charge in [0.1, 0.15) is 0 Å². The van der Waals surface area contributed by atoms with Crippen LogP contribution in [0.1, 0.15) is 5.56 Å². The zero-order chi connectivity index (χ0) is 24.4. The fraction of sp³-hybridized carbons (Fsp3) is 0.296. The molecule has 0 saturated carbocycles. The molecule has 0 radical (unpaired) electrons. The van der Waals surface area contributed by atoms with Gasteiger partial charge in [-0.2, -0.15) is 0 Å². The summed E-state index contributed by atoms with van der Waals surface area (Å²) in [7, 11) is 0. The normalized spacial score (nSPS) is 15.7. The van der Waals surface area contributed by atoms with Crippen LogP contribution in [0.15, 0.2) is 75.7 Å². The van der Waals surface area contributed by atoms with Crippen LogP contribution in [0.2, 0.25) is 0 Å². The van der Waals surface area contributed by atoms with E-state index < -0.39 is 6.09 Å². The van der Waals surface area contributed by atoms with Crippen LogP contribution in [0.3, 0.4) is 0 Å². The fourth-order valence-electron chi connectivity index (χ4n) is 4.94. The highest BCUT2D eigenvalue weighted by Gasteiger charge is 2.24. The number of halogens is 2. The topological polar surface area (TPSA) is 60.7 Å². The van der Waals surface area contributed by atoms with Gasteiger partial charge in [-0.25, -0.2) is 4.79 Å². The van der Waals surface area contributed by atoms with Gasteiger partial charge in [0, 0.05) is 82.6 Å². The number of nitrogens with zero attached hydrogens (tertiary/aromatic N) is 3. The maximum atomic E-state index is 11.3. The van der Waals surface area contributed by atoms with Gasteiger partial charge in [-0.3, -0.25) is 4.90 Å². The van der Waals surface area contributed by atoms with Crippen molar-refractivity contribution in [2.75, 3.05) is 32.7 Å². The predicted octanol–water partition coefficient (Wildman–Crippen LogP) is 5.77. The number of carboxylic acid groups (broad SMARTS) is 1. The van der Waals surface area contributed by atoms with Crippen LogP contribution in [-0.2, 0) is 13.1 Å². The van der Waals surface area contributed by atoms with Crippen molar-refractivity contribution in [2.24, 2.45) is 0 Å². The van der Waals surface area contributed by atoms with E-state index in [1.165, 1.54) is 32.3 Å². The van der Waals surface area contributed by atoms with Gasteiger partial charge in [0.15, 0.2) is 0 Å². The van der Waals surface area contributed by atoms with Crippen LogP contribution in [0.4, 0.5) is 4.79 Å². The second-order valence-electron chi connectivity index (χ2n) is 9.07. The van der Waals surface area contributed by atoms with Crippen molar-refractivity contribution >= 4 is 59.8 Å². The van der Waals surface area contributed by atoms with Crippen LogP contribution in [0.5, 0.6) is 0 Å². The zero-order valence-corrected chi connectivity index (χ0v) is 22.5. The molecule has 0 spiro atoms. The molecule has 1 aliphatic rings. The van der Waals surface area contributed by atoms with Crippen molar-refractivity contribution < 1.29 is 9.90 Å². The Morgan fingerprint density at radius 3 is 2.03 bits per heavy atom. The summed E-state index contributed by atoms with van der Waals surface area (Å²) in [6, 6.07) is 23.6. The van der Waals surface area contributed by atoms with Crippen LogP contribution < -0.4 is 5.32 Å². The lowest BCUT2D eigenvalue weighted by Crippen LogP contribution is -2.52. The molecule has 8 heteroatoms. The summed E-state index contributed by atoms with van der Waals surface area (Å²) in [5, 5.41) is 15.6. The van der Waals surface area contributed by atoms with Gasteiger partial charge in [-0.15, -0.1) is 0 Å². The molecular weight excluding hydrogens is 572 g/mol. The molecule has 35 heavy (non-hydrogen) atoms. The summed E-state index contributed by atoms with van der Waals surface area (Å²) in [5.74, 6) is 0. The molecule has 5 rings (SSSR count). The van der Waals surface area contributed by atoms with Gasteiger partial charge >= 0.3 is 6.09 Å². The molecule has 0 bridgehead atoms. The number of hydrogen-bond donors (Lipinski definition) is 2. The van der Waals surface area contributed by atoms with E-state index in [1.807, 2.05) is 6.07 Å². The van der Waals surface area contributed by atoms with Crippen molar-refractivity contribution in [3.8, 4) is 0 Å². The standard InChI is InChI=1S/C27H28Br2N4O2/c28-20-6-8-25-23(14-20)24-15-21(29)7-9-26(24)33(25)18-22(30-16-19-4-2-1-3-5-19)17-31-10-12-32(13-11-31)27(34)35/h1-9,14-15,22,30H,10-13,16-18H2,(H,34,35). The Labute approximate surface area is 221 Å². The second kappa shape index (κ2) is 10.7. The number of fused-ring (bicyclic) bond motifs is 3. The number of benzene rings is 3. The first-order valence-electron chi connectivity index (χ1n) is 11.8. The van der Waals surface area contributed by atoms with E-state index in [-0.39, 0.29) is 6.04 Å². The number of aromatic nitrogens is 1. The molecule has 2 N–H and O–H groups in total. The van der Waals surface area contributed by atoms with Crippen molar-refractivity contribution in [3.63, 3.8) is 0 Å². The van der Waals surface area contributed by atoms with Crippen LogP contribution in [0, 0.1) is 0 Å². The monoisotopic (exact) mass is 598 g/mol. The smallest absolute Gasteiger partial charge is 0.407 e. The average Bonchev–Trinajstić information content (AvgIpc) is 3.15. The number of nitrogens with one attached hydrogen (secondary N) is 1. The van der Waals surface area contributed by atoms with E-state index in [2.05, 4.69) is 107 Å². The lowest BCUT2D eigenvalue weighted by Gasteiger charge is -2.35. The second-order valence-corrected chi connectivity index (χ2v) is 10.9.